The Labute approximate surface area is 149 Å². The maximum atomic E-state index is 12.6. The highest BCUT2D eigenvalue weighted by molar-refractivity contribution is 7.99. The van der Waals surface area contributed by atoms with Crippen LogP contribution in [-0.4, -0.2) is 78.0 Å². The standard InChI is InChI=1S/C18H28N4OS/c1-20(15-6-7-16(13-15)24-2)18(23)14-21-9-11-22(12-10-21)17-5-3-4-8-19-17/h3-5,8,15-16H,6-7,9-14H2,1-2H3/t15-,16+/m1/s1. The van der Waals surface area contributed by atoms with E-state index in [1.165, 1.54) is 6.42 Å². The molecule has 0 bridgehead atoms. The molecule has 1 aromatic heterocycles. The van der Waals surface area contributed by atoms with Crippen LogP contribution in [0.2, 0.25) is 0 Å². The van der Waals surface area contributed by atoms with E-state index in [4.69, 9.17) is 0 Å². The smallest absolute Gasteiger partial charge is 0.236 e. The second-order valence-electron chi connectivity index (χ2n) is 6.78. The van der Waals surface area contributed by atoms with E-state index in [0.717, 1.165) is 50.1 Å². The molecule has 0 aromatic carbocycles. The van der Waals surface area contributed by atoms with Gasteiger partial charge in [0.1, 0.15) is 5.82 Å². The van der Waals surface area contributed by atoms with Crippen LogP contribution in [0.1, 0.15) is 19.3 Å². The lowest BCUT2D eigenvalue weighted by molar-refractivity contribution is -0.133. The molecule has 0 spiro atoms. The molecule has 1 aliphatic carbocycles. The van der Waals surface area contributed by atoms with Crippen LogP contribution in [0.25, 0.3) is 0 Å². The third kappa shape index (κ3) is 4.22. The second kappa shape index (κ2) is 8.21. The van der Waals surface area contributed by atoms with Gasteiger partial charge in [0.05, 0.1) is 6.54 Å². The molecule has 3 rings (SSSR count). The molecule has 2 aliphatic rings. The number of piperazine rings is 1. The van der Waals surface area contributed by atoms with Gasteiger partial charge in [0, 0.05) is 50.7 Å². The van der Waals surface area contributed by atoms with Crippen molar-refractivity contribution in [3.63, 3.8) is 0 Å². The molecule has 0 unspecified atom stereocenters. The third-order valence-electron chi connectivity index (χ3n) is 5.34. The SMILES string of the molecule is CS[C@H]1CC[C@@H](N(C)C(=O)CN2CCN(c3ccccn3)CC2)C1. The van der Waals surface area contributed by atoms with Crippen molar-refractivity contribution in [1.82, 2.24) is 14.8 Å². The third-order valence-corrected chi connectivity index (χ3v) is 6.43. The van der Waals surface area contributed by atoms with Gasteiger partial charge in [-0.15, -0.1) is 0 Å². The first-order valence-corrected chi connectivity index (χ1v) is 10.1. The molecule has 2 fully saturated rings. The molecule has 0 radical (unpaired) electrons. The Bertz CT molecular complexity index is 533. The van der Waals surface area contributed by atoms with Gasteiger partial charge in [0.2, 0.25) is 5.91 Å². The fourth-order valence-corrected chi connectivity index (χ4v) is 4.45. The molecular weight excluding hydrogens is 320 g/mol. The van der Waals surface area contributed by atoms with E-state index < -0.39 is 0 Å². The molecule has 1 saturated carbocycles. The quantitative estimate of drug-likeness (QED) is 0.813. The summed E-state index contributed by atoms with van der Waals surface area (Å²) in [4.78, 5) is 23.6. The van der Waals surface area contributed by atoms with Gasteiger partial charge in [0.15, 0.2) is 0 Å². The van der Waals surface area contributed by atoms with Crippen LogP contribution in [0.5, 0.6) is 0 Å². The molecule has 24 heavy (non-hydrogen) atoms. The molecule has 1 saturated heterocycles. The van der Waals surface area contributed by atoms with Crippen LogP contribution in [0.4, 0.5) is 5.82 Å². The zero-order valence-corrected chi connectivity index (χ0v) is 15.5. The van der Waals surface area contributed by atoms with Crippen LogP contribution in [0.3, 0.4) is 0 Å². The number of anilines is 1. The molecule has 1 aliphatic heterocycles. The lowest BCUT2D eigenvalue weighted by Crippen LogP contribution is -2.50. The number of rotatable bonds is 5. The van der Waals surface area contributed by atoms with Crippen LogP contribution in [-0.2, 0) is 4.79 Å². The number of pyridine rings is 1. The summed E-state index contributed by atoms with van der Waals surface area (Å²) < 4.78 is 0. The number of amides is 1. The van der Waals surface area contributed by atoms with Gasteiger partial charge >= 0.3 is 0 Å². The predicted molar refractivity (Wildman–Crippen MR) is 101 cm³/mol. The van der Waals surface area contributed by atoms with Crippen molar-refractivity contribution >= 4 is 23.5 Å². The topological polar surface area (TPSA) is 39.7 Å². The first-order chi connectivity index (χ1) is 11.7. The molecule has 1 amide bonds. The Kier molecular flexibility index (Phi) is 6.00. The summed E-state index contributed by atoms with van der Waals surface area (Å²) in [7, 11) is 1.99. The Morgan fingerprint density at radius 1 is 1.29 bits per heavy atom. The van der Waals surface area contributed by atoms with Crippen molar-refractivity contribution in [2.75, 3.05) is 50.9 Å². The van der Waals surface area contributed by atoms with E-state index in [1.807, 2.05) is 42.0 Å². The number of nitrogens with zero attached hydrogens (tertiary/aromatic N) is 4. The maximum absolute atomic E-state index is 12.6. The number of likely N-dealkylation sites (N-methyl/N-ethyl adjacent to an activating group) is 1. The minimum Gasteiger partial charge on any atom is -0.354 e. The number of thioether (sulfide) groups is 1. The highest BCUT2D eigenvalue weighted by Crippen LogP contribution is 2.30. The van der Waals surface area contributed by atoms with E-state index in [0.29, 0.717) is 12.6 Å². The highest BCUT2D eigenvalue weighted by atomic mass is 32.2. The van der Waals surface area contributed by atoms with Gasteiger partial charge in [0.25, 0.3) is 0 Å². The Balaban J connectivity index is 1.45. The van der Waals surface area contributed by atoms with E-state index in [2.05, 4.69) is 27.1 Å². The van der Waals surface area contributed by atoms with E-state index in [-0.39, 0.29) is 5.91 Å². The van der Waals surface area contributed by atoms with Crippen molar-refractivity contribution in [3.8, 4) is 0 Å². The largest absolute Gasteiger partial charge is 0.354 e. The van der Waals surface area contributed by atoms with Gasteiger partial charge in [-0.05, 0) is 37.7 Å². The van der Waals surface area contributed by atoms with Gasteiger partial charge in [-0.25, -0.2) is 4.98 Å². The average molecular weight is 349 g/mol. The molecular formula is C18H28N4OS. The summed E-state index contributed by atoms with van der Waals surface area (Å²) in [5, 5.41) is 0.729. The summed E-state index contributed by atoms with van der Waals surface area (Å²) >= 11 is 1.94. The Morgan fingerprint density at radius 3 is 2.71 bits per heavy atom. The van der Waals surface area contributed by atoms with Crippen molar-refractivity contribution in [3.05, 3.63) is 24.4 Å². The zero-order chi connectivity index (χ0) is 16.9. The van der Waals surface area contributed by atoms with E-state index in [9.17, 15) is 4.79 Å². The number of hydrogen-bond donors (Lipinski definition) is 0. The molecule has 1 aromatic rings. The summed E-state index contributed by atoms with van der Waals surface area (Å²) in [6.07, 6.45) is 7.56. The second-order valence-corrected chi connectivity index (χ2v) is 7.92. The van der Waals surface area contributed by atoms with Crippen LogP contribution < -0.4 is 4.90 Å². The normalized spacial score (nSPS) is 25.0. The molecule has 132 valence electrons. The fourth-order valence-electron chi connectivity index (χ4n) is 3.67. The van der Waals surface area contributed by atoms with Crippen molar-refractivity contribution in [2.45, 2.75) is 30.6 Å². The Morgan fingerprint density at radius 2 is 2.08 bits per heavy atom. The lowest BCUT2D eigenvalue weighted by Gasteiger charge is -2.36. The number of carbonyl (C=O) groups excluding carboxylic acids is 1. The highest BCUT2D eigenvalue weighted by Gasteiger charge is 2.30. The monoisotopic (exact) mass is 348 g/mol. The van der Waals surface area contributed by atoms with Gasteiger partial charge in [-0.3, -0.25) is 9.69 Å². The molecule has 0 N–H and O–H groups in total. The summed E-state index contributed by atoms with van der Waals surface area (Å²) in [6, 6.07) is 6.46. The summed E-state index contributed by atoms with van der Waals surface area (Å²) in [6.45, 7) is 4.27. The molecule has 6 heteroatoms. The summed E-state index contributed by atoms with van der Waals surface area (Å²) in [5.41, 5.74) is 0. The average Bonchev–Trinajstić information content (AvgIpc) is 3.11. The van der Waals surface area contributed by atoms with Gasteiger partial charge < -0.3 is 9.80 Å². The van der Waals surface area contributed by atoms with Gasteiger partial charge in [-0.2, -0.15) is 11.8 Å². The molecule has 5 nitrogen and oxygen atoms in total. The number of hydrogen-bond acceptors (Lipinski definition) is 5. The molecule has 2 heterocycles. The first-order valence-electron chi connectivity index (χ1n) is 8.84. The van der Waals surface area contributed by atoms with Crippen molar-refractivity contribution in [2.24, 2.45) is 0 Å². The van der Waals surface area contributed by atoms with Crippen LogP contribution >= 0.6 is 11.8 Å². The van der Waals surface area contributed by atoms with Crippen LogP contribution in [0, 0.1) is 0 Å². The summed E-state index contributed by atoms with van der Waals surface area (Å²) in [5.74, 6) is 1.31. The molecule has 2 atom stereocenters. The van der Waals surface area contributed by atoms with Crippen molar-refractivity contribution in [1.29, 1.82) is 0 Å². The van der Waals surface area contributed by atoms with Crippen molar-refractivity contribution < 1.29 is 4.79 Å². The number of carbonyl (C=O) groups is 1. The minimum atomic E-state index is 0.271. The maximum Gasteiger partial charge on any atom is 0.236 e. The first kappa shape index (κ1) is 17.5. The van der Waals surface area contributed by atoms with E-state index in [1.54, 1.807) is 0 Å². The lowest BCUT2D eigenvalue weighted by atomic mass is 10.2. The van der Waals surface area contributed by atoms with Gasteiger partial charge in [-0.1, -0.05) is 6.07 Å². The number of aromatic nitrogens is 1. The minimum absolute atomic E-state index is 0.271. The van der Waals surface area contributed by atoms with Crippen LogP contribution in [0.15, 0.2) is 24.4 Å². The fraction of sp³-hybridized carbons (Fsp3) is 0.667. The van der Waals surface area contributed by atoms with E-state index >= 15 is 0 Å². The predicted octanol–water partition coefficient (Wildman–Crippen LogP) is 1.95. The Hall–Kier alpha value is -1.27. The zero-order valence-electron chi connectivity index (χ0n) is 14.7.